The number of carbonyl (C=O) groups excluding carboxylic acids is 3. The molecule has 15 nitrogen and oxygen atoms in total. The summed E-state index contributed by atoms with van der Waals surface area (Å²) in [6.07, 6.45) is 4.58. The van der Waals surface area contributed by atoms with E-state index in [1.807, 2.05) is 0 Å². The van der Waals surface area contributed by atoms with Crippen molar-refractivity contribution in [3.63, 3.8) is 0 Å². The van der Waals surface area contributed by atoms with Crippen molar-refractivity contribution < 1.29 is 38.6 Å². The third-order valence-electron chi connectivity index (χ3n) is 5.04. The number of oxime groups is 2. The molecule has 182 valence electrons. The number of nitrogens with two attached hydrogens (primary N) is 1. The summed E-state index contributed by atoms with van der Waals surface area (Å²) in [6.45, 7) is 0.154. The van der Waals surface area contributed by atoms with Gasteiger partial charge in [-0.25, -0.2) is 4.57 Å². The number of nitrogen functional groups attached to an aromatic ring is 1. The Kier molecular flexibility index (Phi) is 6.63. The molecule has 0 radical (unpaired) electrons. The standard InChI is InChI=1S/C19H18N8O7S/c1-33-24-11(14-23-19(20)34-25-14)15(28)22-12-16(29)27-13(18(30)31)10(8-35-17(12)27)7-26-4-2-3-9(6-26)5-21-32/h2-6,12,17H,7-8H2,1H3,(H4-,20,22,23,25,28,30,31,32)/t12?,17-/m0/s1. The average molecular weight is 502 g/mol. The van der Waals surface area contributed by atoms with Crippen molar-refractivity contribution in [2.24, 2.45) is 10.3 Å². The first kappa shape index (κ1) is 23.7. The van der Waals surface area contributed by atoms with Gasteiger partial charge in [-0.1, -0.05) is 15.5 Å². The Morgan fingerprint density at radius 2 is 2.34 bits per heavy atom. The molecule has 2 aromatic rings. The molecule has 4 heterocycles. The number of thioether (sulfide) groups is 1. The summed E-state index contributed by atoms with van der Waals surface area (Å²) in [5.41, 5.74) is 5.78. The Labute approximate surface area is 200 Å². The lowest BCUT2D eigenvalue weighted by Crippen LogP contribution is -2.71. The molecule has 35 heavy (non-hydrogen) atoms. The van der Waals surface area contributed by atoms with Crippen molar-refractivity contribution in [1.29, 1.82) is 0 Å². The quantitative estimate of drug-likeness (QED) is 0.110. The fourth-order valence-electron chi connectivity index (χ4n) is 3.61. The molecule has 2 aromatic heterocycles. The largest absolute Gasteiger partial charge is 0.543 e. The lowest BCUT2D eigenvalue weighted by atomic mass is 10.0. The van der Waals surface area contributed by atoms with Crippen molar-refractivity contribution >= 4 is 47.5 Å². The van der Waals surface area contributed by atoms with Crippen molar-refractivity contribution in [3.8, 4) is 0 Å². The number of rotatable bonds is 8. The average Bonchev–Trinajstić information content (AvgIpc) is 3.26. The third kappa shape index (κ3) is 4.63. The van der Waals surface area contributed by atoms with Crippen LogP contribution in [0.1, 0.15) is 11.4 Å². The van der Waals surface area contributed by atoms with Crippen LogP contribution in [0.15, 0.2) is 50.6 Å². The Bertz CT molecular complexity index is 1270. The maximum atomic E-state index is 12.9. The highest BCUT2D eigenvalue weighted by Gasteiger charge is 2.53. The van der Waals surface area contributed by atoms with E-state index in [1.165, 1.54) is 25.1 Å². The van der Waals surface area contributed by atoms with Crippen molar-refractivity contribution in [3.05, 3.63) is 47.2 Å². The van der Waals surface area contributed by atoms with Crippen molar-refractivity contribution in [2.45, 2.75) is 18.0 Å². The fourth-order valence-corrected chi connectivity index (χ4v) is 4.95. The number of carboxylic acids is 1. The fraction of sp³-hybridized carbons (Fsp3) is 0.263. The summed E-state index contributed by atoms with van der Waals surface area (Å²) < 4.78 is 6.32. The van der Waals surface area contributed by atoms with Crippen LogP contribution in [0, 0.1) is 0 Å². The zero-order valence-electron chi connectivity index (χ0n) is 18.0. The molecule has 16 heteroatoms. The number of anilines is 1. The Morgan fingerprint density at radius 3 is 3.00 bits per heavy atom. The number of carboxylic acid groups (broad SMARTS) is 1. The summed E-state index contributed by atoms with van der Waals surface area (Å²) in [4.78, 5) is 47.0. The molecule has 0 bridgehead atoms. The molecule has 1 saturated heterocycles. The summed E-state index contributed by atoms with van der Waals surface area (Å²) >= 11 is 1.28. The van der Waals surface area contributed by atoms with Gasteiger partial charge in [0.25, 0.3) is 11.8 Å². The van der Waals surface area contributed by atoms with Crippen LogP contribution in [-0.4, -0.2) is 74.2 Å². The minimum absolute atomic E-state index is 0.154. The Morgan fingerprint density at radius 1 is 1.54 bits per heavy atom. The molecule has 0 aliphatic carbocycles. The number of nitrogens with zero attached hydrogens (tertiary/aromatic N) is 6. The third-order valence-corrected chi connectivity index (χ3v) is 6.38. The molecule has 4 N–H and O–H groups in total. The van der Waals surface area contributed by atoms with Gasteiger partial charge in [0.2, 0.25) is 11.5 Å². The number of amides is 2. The first-order valence-electron chi connectivity index (χ1n) is 9.90. The van der Waals surface area contributed by atoms with E-state index in [4.69, 9.17) is 10.9 Å². The minimum Gasteiger partial charge on any atom is -0.543 e. The van der Waals surface area contributed by atoms with Gasteiger partial charge in [0.1, 0.15) is 18.5 Å². The van der Waals surface area contributed by atoms with E-state index in [0.29, 0.717) is 11.1 Å². The van der Waals surface area contributed by atoms with Crippen molar-refractivity contribution in [1.82, 2.24) is 20.4 Å². The van der Waals surface area contributed by atoms with E-state index >= 15 is 0 Å². The molecule has 0 aromatic carbocycles. The summed E-state index contributed by atoms with van der Waals surface area (Å²) in [5, 5.41) is 32.6. The normalized spacial score (nSPS) is 20.0. The highest BCUT2D eigenvalue weighted by Crippen LogP contribution is 2.40. The molecule has 2 amide bonds. The van der Waals surface area contributed by atoms with Gasteiger partial charge in [0.15, 0.2) is 18.9 Å². The van der Waals surface area contributed by atoms with E-state index < -0.39 is 29.2 Å². The molecule has 1 unspecified atom stereocenters. The number of aliphatic carboxylic acids is 1. The molecule has 4 rings (SSSR count). The number of pyridine rings is 1. The topological polar surface area (TPSA) is 213 Å². The molecule has 2 aliphatic heterocycles. The number of hydrogen-bond donors (Lipinski definition) is 3. The molecular formula is C19H18N8O7S. The Hall–Kier alpha value is -4.47. The van der Waals surface area contributed by atoms with Crippen LogP contribution >= 0.6 is 11.8 Å². The number of nitrogens with one attached hydrogen (secondary N) is 1. The smallest absolute Gasteiger partial charge is 0.319 e. The second-order valence-electron chi connectivity index (χ2n) is 7.23. The lowest BCUT2D eigenvalue weighted by Gasteiger charge is -2.50. The zero-order chi connectivity index (χ0) is 25.1. The van der Waals surface area contributed by atoms with Crippen molar-refractivity contribution in [2.75, 3.05) is 18.6 Å². The number of hydrogen-bond acceptors (Lipinski definition) is 13. The van der Waals surface area contributed by atoms with Gasteiger partial charge in [-0.3, -0.25) is 14.5 Å². The van der Waals surface area contributed by atoms with Gasteiger partial charge in [-0.2, -0.15) is 4.98 Å². The maximum Gasteiger partial charge on any atom is 0.319 e. The zero-order valence-corrected chi connectivity index (χ0v) is 18.8. The van der Waals surface area contributed by atoms with Gasteiger partial charge >= 0.3 is 6.01 Å². The lowest BCUT2D eigenvalue weighted by molar-refractivity contribution is -0.689. The predicted octanol–water partition coefficient (Wildman–Crippen LogP) is -2.80. The molecule has 2 aliphatic rings. The van der Waals surface area contributed by atoms with Gasteiger partial charge in [0.05, 0.1) is 23.4 Å². The van der Waals surface area contributed by atoms with Gasteiger partial charge < -0.3 is 35.5 Å². The maximum absolute atomic E-state index is 12.9. The summed E-state index contributed by atoms with van der Waals surface area (Å²) in [5.74, 6) is -2.97. The van der Waals surface area contributed by atoms with E-state index in [9.17, 15) is 19.5 Å². The van der Waals surface area contributed by atoms with Crippen LogP contribution in [-0.2, 0) is 25.8 Å². The first-order chi connectivity index (χ1) is 16.8. The molecule has 1 fully saturated rings. The predicted molar refractivity (Wildman–Crippen MR) is 115 cm³/mol. The molecule has 0 spiro atoms. The summed E-state index contributed by atoms with van der Waals surface area (Å²) in [6, 6.07) is 2.07. The number of β-lactam (4-membered cyclic amide) rings is 1. The second kappa shape index (κ2) is 9.80. The van der Waals surface area contributed by atoms with Crippen LogP contribution in [0.5, 0.6) is 0 Å². The molecule has 0 saturated carbocycles. The van der Waals surface area contributed by atoms with Crippen LogP contribution in [0.2, 0.25) is 0 Å². The summed E-state index contributed by atoms with van der Waals surface area (Å²) in [7, 11) is 1.20. The van der Waals surface area contributed by atoms with E-state index in [2.05, 4.69) is 35.1 Å². The highest BCUT2D eigenvalue weighted by molar-refractivity contribution is 8.00. The van der Waals surface area contributed by atoms with E-state index in [1.54, 1.807) is 29.1 Å². The molecule has 2 atom stereocenters. The van der Waals surface area contributed by atoms with Crippen LogP contribution in [0.4, 0.5) is 6.01 Å². The number of fused-ring (bicyclic) bond motifs is 1. The number of carbonyl (C=O) groups is 3. The Balaban J connectivity index is 1.53. The molecular weight excluding hydrogens is 484 g/mol. The van der Waals surface area contributed by atoms with Crippen LogP contribution in [0.25, 0.3) is 0 Å². The van der Waals surface area contributed by atoms with E-state index in [-0.39, 0.29) is 35.5 Å². The second-order valence-corrected chi connectivity index (χ2v) is 8.34. The van der Waals surface area contributed by atoms with Gasteiger partial charge in [-0.05, 0) is 6.07 Å². The highest BCUT2D eigenvalue weighted by atomic mass is 32.2. The number of aromatic nitrogens is 3. The first-order valence-corrected chi connectivity index (χ1v) is 10.9. The van der Waals surface area contributed by atoms with Crippen LogP contribution in [0.3, 0.4) is 0 Å². The SMILES string of the molecule is CON=C(C(=O)NC1C(=O)N2C(C(=O)[O-])=C(C[n+]3cccc(C=NO)c3)CS[C@@H]12)c1noc(N)n1. The monoisotopic (exact) mass is 502 g/mol. The minimum atomic E-state index is -1.51. The van der Waals surface area contributed by atoms with Crippen LogP contribution < -0.4 is 20.7 Å². The van der Waals surface area contributed by atoms with Gasteiger partial charge in [0, 0.05) is 17.4 Å². The van der Waals surface area contributed by atoms with Gasteiger partial charge in [-0.15, -0.1) is 11.8 Å². The van der Waals surface area contributed by atoms with E-state index in [0.717, 1.165) is 4.90 Å².